The van der Waals surface area contributed by atoms with Crippen LogP contribution in [0, 0.1) is 6.92 Å². The van der Waals surface area contributed by atoms with Gasteiger partial charge in [0.05, 0.1) is 13.2 Å². The van der Waals surface area contributed by atoms with Crippen LogP contribution in [0.5, 0.6) is 5.75 Å². The van der Waals surface area contributed by atoms with Crippen LogP contribution in [-0.4, -0.2) is 57.8 Å². The average Bonchev–Trinajstić information content (AvgIpc) is 3.05. The summed E-state index contributed by atoms with van der Waals surface area (Å²) in [6.45, 7) is 5.54. The molecular formula is C23H31FN3O8P. The van der Waals surface area contributed by atoms with Crippen molar-refractivity contribution >= 4 is 13.7 Å². The maximum absolute atomic E-state index is 15.5. The Labute approximate surface area is 208 Å². The minimum absolute atomic E-state index is 0.181. The van der Waals surface area contributed by atoms with Crippen molar-refractivity contribution in [1.82, 2.24) is 14.6 Å². The summed E-state index contributed by atoms with van der Waals surface area (Å²) < 4.78 is 51.7. The lowest BCUT2D eigenvalue weighted by Gasteiger charge is -2.25. The molecule has 1 aliphatic heterocycles. The maximum atomic E-state index is 15.5. The van der Waals surface area contributed by atoms with Gasteiger partial charge in [0.2, 0.25) is 0 Å². The highest BCUT2D eigenvalue weighted by molar-refractivity contribution is 7.52. The minimum Gasteiger partial charge on any atom is -0.465 e. The number of carbonyl (C=O) groups is 1. The van der Waals surface area contributed by atoms with Gasteiger partial charge < -0.3 is 19.1 Å². The van der Waals surface area contributed by atoms with E-state index in [4.69, 9.17) is 18.5 Å². The van der Waals surface area contributed by atoms with E-state index in [-0.39, 0.29) is 12.4 Å². The van der Waals surface area contributed by atoms with Gasteiger partial charge >= 0.3 is 19.4 Å². The maximum Gasteiger partial charge on any atom is 0.459 e. The minimum atomic E-state index is -4.26. The van der Waals surface area contributed by atoms with Gasteiger partial charge in [-0.25, -0.2) is 13.8 Å². The van der Waals surface area contributed by atoms with Crippen LogP contribution >= 0.6 is 7.75 Å². The fraction of sp³-hybridized carbons (Fsp3) is 0.522. The Balaban J connectivity index is 1.78. The number of hydrogen-bond acceptors (Lipinski definition) is 9. The number of para-hydroxylation sites is 1. The molecule has 36 heavy (non-hydrogen) atoms. The summed E-state index contributed by atoms with van der Waals surface area (Å²) in [5.74, 6) is -0.488. The second-order valence-electron chi connectivity index (χ2n) is 8.60. The van der Waals surface area contributed by atoms with E-state index >= 15 is 4.39 Å². The second kappa shape index (κ2) is 11.6. The summed E-state index contributed by atoms with van der Waals surface area (Å²) in [5.41, 5.74) is -2.72. The fourth-order valence-corrected chi connectivity index (χ4v) is 5.03. The van der Waals surface area contributed by atoms with E-state index < -0.39 is 56.2 Å². The van der Waals surface area contributed by atoms with Crippen LogP contribution in [0.25, 0.3) is 0 Å². The number of hydrogen-bond donors (Lipinski definition) is 2. The SMILES string of the molecule is CCCOC(=O)[C@H](C)NP(=O)(OCC1O[C@@H](n2ccc(C)nc2=O)[C@](C)(F)[C@@H]1O)Oc1ccccc1. The Bertz CT molecular complexity index is 1150. The predicted molar refractivity (Wildman–Crippen MR) is 127 cm³/mol. The van der Waals surface area contributed by atoms with Crippen LogP contribution in [-0.2, 0) is 23.4 Å². The van der Waals surface area contributed by atoms with E-state index in [2.05, 4.69) is 10.1 Å². The van der Waals surface area contributed by atoms with Crippen molar-refractivity contribution in [2.75, 3.05) is 13.2 Å². The van der Waals surface area contributed by atoms with Gasteiger partial charge in [0.15, 0.2) is 11.9 Å². The summed E-state index contributed by atoms with van der Waals surface area (Å²) >= 11 is 0. The van der Waals surface area contributed by atoms with Gasteiger partial charge in [-0.05, 0) is 45.4 Å². The van der Waals surface area contributed by atoms with E-state index in [1.165, 1.54) is 31.3 Å². The Morgan fingerprint density at radius 2 is 2.06 bits per heavy atom. The van der Waals surface area contributed by atoms with E-state index in [9.17, 15) is 19.3 Å². The number of nitrogens with one attached hydrogen (secondary N) is 1. The molecular weight excluding hydrogens is 496 g/mol. The van der Waals surface area contributed by atoms with Crippen LogP contribution in [0.2, 0.25) is 0 Å². The first-order chi connectivity index (χ1) is 17.0. The summed E-state index contributed by atoms with van der Waals surface area (Å²) in [6.07, 6.45) is -2.65. The molecule has 0 saturated carbocycles. The lowest BCUT2D eigenvalue weighted by atomic mass is 9.98. The number of aromatic nitrogens is 2. The first-order valence-corrected chi connectivity index (χ1v) is 13.0. The van der Waals surface area contributed by atoms with Gasteiger partial charge in [-0.1, -0.05) is 25.1 Å². The van der Waals surface area contributed by atoms with Crippen molar-refractivity contribution in [3.8, 4) is 5.75 Å². The number of nitrogens with zero attached hydrogens (tertiary/aromatic N) is 2. The summed E-state index contributed by atoms with van der Waals surface area (Å²) in [5, 5.41) is 13.1. The molecule has 13 heteroatoms. The van der Waals surface area contributed by atoms with Gasteiger partial charge in [-0.15, -0.1) is 0 Å². The lowest BCUT2D eigenvalue weighted by Crippen LogP contribution is -2.43. The molecule has 0 aliphatic carbocycles. The van der Waals surface area contributed by atoms with Gasteiger partial charge in [0.1, 0.15) is 24.0 Å². The zero-order chi connectivity index (χ0) is 26.5. The number of aliphatic hydroxyl groups excluding tert-OH is 1. The highest BCUT2D eigenvalue weighted by atomic mass is 31.2. The highest BCUT2D eigenvalue weighted by Gasteiger charge is 2.56. The van der Waals surface area contributed by atoms with Crippen molar-refractivity contribution in [1.29, 1.82) is 0 Å². The zero-order valence-corrected chi connectivity index (χ0v) is 21.4. The van der Waals surface area contributed by atoms with Crippen molar-refractivity contribution in [2.45, 2.75) is 64.3 Å². The number of alkyl halides is 1. The Kier molecular flexibility index (Phi) is 9.02. The number of rotatable bonds is 11. The quantitative estimate of drug-likeness (QED) is 0.331. The fourth-order valence-electron chi connectivity index (χ4n) is 3.53. The molecule has 3 rings (SSSR count). The number of esters is 1. The van der Waals surface area contributed by atoms with Crippen LogP contribution in [0.1, 0.15) is 39.1 Å². The van der Waals surface area contributed by atoms with Crippen molar-refractivity contribution < 1.29 is 37.4 Å². The van der Waals surface area contributed by atoms with Crippen LogP contribution in [0.4, 0.5) is 4.39 Å². The van der Waals surface area contributed by atoms with E-state index in [1.54, 1.807) is 25.1 Å². The second-order valence-corrected chi connectivity index (χ2v) is 10.3. The standard InChI is InChI=1S/C23H31FN3O8P/c1-5-13-32-20(29)16(3)26-36(31,35-17-9-7-6-8-10-17)33-14-18-19(28)23(4,24)21(34-18)27-12-11-15(2)25-22(27)30/h6-12,16,18-19,21,28H,5,13-14H2,1-4H3,(H,26,31)/t16-,18?,19+,21+,23+,36?/m0/s1. The molecule has 2 aromatic rings. The molecule has 2 unspecified atom stereocenters. The first kappa shape index (κ1) is 27.9. The zero-order valence-electron chi connectivity index (χ0n) is 20.5. The largest absolute Gasteiger partial charge is 0.465 e. The summed E-state index contributed by atoms with van der Waals surface area (Å²) in [7, 11) is -4.26. The molecule has 6 atom stereocenters. The van der Waals surface area contributed by atoms with Crippen LogP contribution in [0.3, 0.4) is 0 Å². The third kappa shape index (κ3) is 6.57. The molecule has 11 nitrogen and oxygen atoms in total. The van der Waals surface area contributed by atoms with Crippen LogP contribution < -0.4 is 15.3 Å². The van der Waals surface area contributed by atoms with E-state index in [0.717, 1.165) is 11.5 Å². The summed E-state index contributed by atoms with van der Waals surface area (Å²) in [4.78, 5) is 28.3. The number of benzene rings is 1. The van der Waals surface area contributed by atoms with Gasteiger partial charge in [0, 0.05) is 11.9 Å². The third-order valence-electron chi connectivity index (χ3n) is 5.47. The van der Waals surface area contributed by atoms with Crippen molar-refractivity contribution in [3.05, 3.63) is 58.8 Å². The molecule has 1 saturated heterocycles. The van der Waals surface area contributed by atoms with Crippen molar-refractivity contribution in [2.24, 2.45) is 0 Å². The number of halogens is 1. The topological polar surface area (TPSA) is 138 Å². The summed E-state index contributed by atoms with van der Waals surface area (Å²) in [6, 6.07) is 8.51. The molecule has 1 aromatic heterocycles. The first-order valence-electron chi connectivity index (χ1n) is 11.5. The van der Waals surface area contributed by atoms with E-state index in [0.29, 0.717) is 12.1 Å². The predicted octanol–water partition coefficient (Wildman–Crippen LogP) is 2.67. The number of aryl methyl sites for hydroxylation is 1. The van der Waals surface area contributed by atoms with Crippen molar-refractivity contribution in [3.63, 3.8) is 0 Å². The molecule has 0 spiro atoms. The molecule has 1 aromatic carbocycles. The lowest BCUT2D eigenvalue weighted by molar-refractivity contribution is -0.145. The molecule has 2 heterocycles. The normalized spacial score (nSPS) is 26.2. The molecule has 1 fully saturated rings. The molecule has 198 valence electrons. The molecule has 0 amide bonds. The number of aliphatic hydroxyl groups is 1. The van der Waals surface area contributed by atoms with Gasteiger partial charge in [-0.2, -0.15) is 10.1 Å². The van der Waals surface area contributed by atoms with Gasteiger partial charge in [-0.3, -0.25) is 13.9 Å². The molecule has 1 aliphatic rings. The number of ether oxygens (including phenoxy) is 2. The number of carbonyl (C=O) groups excluding carboxylic acids is 1. The van der Waals surface area contributed by atoms with Crippen LogP contribution in [0.15, 0.2) is 47.4 Å². The third-order valence-corrected chi connectivity index (χ3v) is 7.11. The Hall–Kier alpha value is -2.63. The monoisotopic (exact) mass is 527 g/mol. The van der Waals surface area contributed by atoms with Gasteiger partial charge in [0.25, 0.3) is 0 Å². The molecule has 2 N–H and O–H groups in total. The highest BCUT2D eigenvalue weighted by Crippen LogP contribution is 2.47. The van der Waals surface area contributed by atoms with E-state index in [1.807, 2.05) is 6.92 Å². The average molecular weight is 527 g/mol. The smallest absolute Gasteiger partial charge is 0.459 e. The Morgan fingerprint density at radius 1 is 1.36 bits per heavy atom. The Morgan fingerprint density at radius 3 is 2.69 bits per heavy atom. The molecule has 0 bridgehead atoms. The molecule has 0 radical (unpaired) electrons.